The number of rotatable bonds is 1. The van der Waals surface area contributed by atoms with Gasteiger partial charge in [0.05, 0.1) is 0 Å². The highest BCUT2D eigenvalue weighted by atomic mass is 79.9. The number of aldehydes is 1. The third-order valence-corrected chi connectivity index (χ3v) is 1.57. The summed E-state index contributed by atoms with van der Waals surface area (Å²) in [5, 5.41) is 9.07. The third kappa shape index (κ3) is 6.70. The summed E-state index contributed by atoms with van der Waals surface area (Å²) in [5.41, 5.74) is 1.29. The SMILES string of the molecule is Br.C#CC#CC.Cc1ccc(C=O)cc1O. The molecular weight excluding hydrogens is 268 g/mol. The van der Waals surface area contributed by atoms with Gasteiger partial charge in [-0.05, 0) is 37.3 Å². The summed E-state index contributed by atoms with van der Waals surface area (Å²) in [6.45, 7) is 3.49. The lowest BCUT2D eigenvalue weighted by Gasteiger charge is -1.96. The minimum atomic E-state index is 0. The Balaban J connectivity index is 0. The fourth-order valence-corrected chi connectivity index (χ4v) is 0.772. The van der Waals surface area contributed by atoms with Crippen molar-refractivity contribution in [1.29, 1.82) is 0 Å². The van der Waals surface area contributed by atoms with Crippen molar-refractivity contribution < 1.29 is 9.90 Å². The predicted octanol–water partition coefficient (Wildman–Crippen LogP) is 2.73. The molecule has 0 amide bonds. The van der Waals surface area contributed by atoms with Crippen LogP contribution in [0.3, 0.4) is 0 Å². The molecule has 0 saturated heterocycles. The second-order valence-corrected chi connectivity index (χ2v) is 2.68. The van der Waals surface area contributed by atoms with Crippen LogP contribution in [0.1, 0.15) is 22.8 Å². The Labute approximate surface area is 106 Å². The van der Waals surface area contributed by atoms with Crippen LogP contribution in [0, 0.1) is 31.1 Å². The van der Waals surface area contributed by atoms with E-state index in [4.69, 9.17) is 11.5 Å². The van der Waals surface area contributed by atoms with Gasteiger partial charge < -0.3 is 5.11 Å². The van der Waals surface area contributed by atoms with E-state index in [2.05, 4.69) is 17.8 Å². The highest BCUT2D eigenvalue weighted by Crippen LogP contribution is 2.15. The van der Waals surface area contributed by atoms with Gasteiger partial charge in [-0.2, -0.15) is 0 Å². The number of terminal acetylenes is 1. The fraction of sp³-hybridized carbons (Fsp3) is 0.154. The molecule has 1 aromatic carbocycles. The molecule has 0 spiro atoms. The Kier molecular flexibility index (Phi) is 10.3. The fourth-order valence-electron chi connectivity index (χ4n) is 0.772. The summed E-state index contributed by atoms with van der Waals surface area (Å²) in [6.07, 6.45) is 5.42. The van der Waals surface area contributed by atoms with Crippen molar-refractivity contribution in [2.75, 3.05) is 0 Å². The molecule has 0 bridgehead atoms. The van der Waals surface area contributed by atoms with Crippen molar-refractivity contribution in [3.63, 3.8) is 0 Å². The summed E-state index contributed by atoms with van der Waals surface area (Å²) >= 11 is 0. The number of carbonyl (C=O) groups excluding carboxylic acids is 1. The highest BCUT2D eigenvalue weighted by Gasteiger charge is 1.95. The van der Waals surface area contributed by atoms with Crippen LogP contribution in [-0.4, -0.2) is 11.4 Å². The highest BCUT2D eigenvalue weighted by molar-refractivity contribution is 8.93. The van der Waals surface area contributed by atoms with E-state index in [1.807, 2.05) is 0 Å². The molecule has 0 atom stereocenters. The van der Waals surface area contributed by atoms with E-state index in [0.29, 0.717) is 11.8 Å². The van der Waals surface area contributed by atoms with Gasteiger partial charge in [0.15, 0.2) is 0 Å². The van der Waals surface area contributed by atoms with Crippen molar-refractivity contribution in [1.82, 2.24) is 0 Å². The molecule has 0 radical (unpaired) electrons. The van der Waals surface area contributed by atoms with E-state index in [0.717, 1.165) is 5.56 Å². The maximum absolute atomic E-state index is 10.2. The topological polar surface area (TPSA) is 37.3 Å². The van der Waals surface area contributed by atoms with Gasteiger partial charge in [-0.1, -0.05) is 18.1 Å². The minimum absolute atomic E-state index is 0. The van der Waals surface area contributed by atoms with Crippen molar-refractivity contribution >= 4 is 23.3 Å². The summed E-state index contributed by atoms with van der Waals surface area (Å²) in [4.78, 5) is 10.2. The number of carbonyl (C=O) groups is 1. The van der Waals surface area contributed by atoms with Crippen LogP contribution >= 0.6 is 17.0 Å². The molecule has 84 valence electrons. The molecule has 0 saturated carbocycles. The number of phenolic OH excluding ortho intramolecular Hbond substituents is 1. The Hall–Kier alpha value is -1.71. The lowest BCUT2D eigenvalue weighted by Crippen LogP contribution is -1.80. The van der Waals surface area contributed by atoms with E-state index < -0.39 is 0 Å². The number of benzene rings is 1. The Morgan fingerprint density at radius 3 is 2.38 bits per heavy atom. The normalized spacial score (nSPS) is 6.81. The second kappa shape index (κ2) is 9.83. The van der Waals surface area contributed by atoms with E-state index in [9.17, 15) is 4.79 Å². The Morgan fingerprint density at radius 1 is 1.44 bits per heavy atom. The largest absolute Gasteiger partial charge is 0.508 e. The van der Waals surface area contributed by atoms with Crippen LogP contribution in [0.5, 0.6) is 5.75 Å². The van der Waals surface area contributed by atoms with Gasteiger partial charge in [-0.3, -0.25) is 4.79 Å². The first kappa shape index (κ1) is 16.7. The van der Waals surface area contributed by atoms with Crippen molar-refractivity contribution in [2.24, 2.45) is 0 Å². The van der Waals surface area contributed by atoms with Crippen LogP contribution in [0.2, 0.25) is 0 Å². The summed E-state index contributed by atoms with van der Waals surface area (Å²) in [7, 11) is 0. The molecule has 1 N–H and O–H groups in total. The maximum Gasteiger partial charge on any atom is 0.150 e. The lowest BCUT2D eigenvalue weighted by atomic mass is 10.1. The van der Waals surface area contributed by atoms with Gasteiger partial charge in [0.1, 0.15) is 12.0 Å². The summed E-state index contributed by atoms with van der Waals surface area (Å²) in [5.74, 6) is 7.25. The summed E-state index contributed by atoms with van der Waals surface area (Å²) < 4.78 is 0. The van der Waals surface area contributed by atoms with E-state index in [1.165, 1.54) is 6.07 Å². The molecular formula is C13H13BrO2. The van der Waals surface area contributed by atoms with Crippen molar-refractivity contribution in [3.05, 3.63) is 29.3 Å². The molecule has 0 unspecified atom stereocenters. The molecule has 0 fully saturated rings. The zero-order valence-corrected chi connectivity index (χ0v) is 10.9. The molecule has 3 heteroatoms. The van der Waals surface area contributed by atoms with Crippen LogP contribution in [-0.2, 0) is 0 Å². The van der Waals surface area contributed by atoms with Crippen molar-refractivity contribution in [2.45, 2.75) is 13.8 Å². The zero-order valence-electron chi connectivity index (χ0n) is 9.15. The molecule has 2 nitrogen and oxygen atoms in total. The van der Waals surface area contributed by atoms with E-state index in [-0.39, 0.29) is 22.7 Å². The number of aromatic hydroxyl groups is 1. The Bertz CT molecular complexity index is 433. The zero-order chi connectivity index (χ0) is 11.7. The predicted molar refractivity (Wildman–Crippen MR) is 70.8 cm³/mol. The quantitative estimate of drug-likeness (QED) is 0.635. The minimum Gasteiger partial charge on any atom is -0.508 e. The second-order valence-electron chi connectivity index (χ2n) is 2.68. The Morgan fingerprint density at radius 2 is 2.06 bits per heavy atom. The van der Waals surface area contributed by atoms with Crippen LogP contribution < -0.4 is 0 Å². The lowest BCUT2D eigenvalue weighted by molar-refractivity contribution is 0.112. The van der Waals surface area contributed by atoms with Gasteiger partial charge in [-0.25, -0.2) is 0 Å². The number of phenols is 1. The average Bonchev–Trinajstić information content (AvgIpc) is 2.24. The molecule has 0 heterocycles. The standard InChI is InChI=1S/C8H8O2.C5H4.BrH/c1-6-2-3-7(5-9)4-8(6)10;1-3-5-4-2;/h2-5,10H,1H3;1H,2H3;1H. The van der Waals surface area contributed by atoms with Crippen LogP contribution in [0.15, 0.2) is 18.2 Å². The number of aryl methyl sites for hydroxylation is 1. The van der Waals surface area contributed by atoms with Crippen LogP contribution in [0.4, 0.5) is 0 Å². The van der Waals surface area contributed by atoms with Gasteiger partial charge in [0, 0.05) is 5.56 Å². The summed E-state index contributed by atoms with van der Waals surface area (Å²) in [6, 6.07) is 4.82. The van der Waals surface area contributed by atoms with Gasteiger partial charge >= 0.3 is 0 Å². The number of halogens is 1. The maximum atomic E-state index is 10.2. The monoisotopic (exact) mass is 280 g/mol. The molecule has 16 heavy (non-hydrogen) atoms. The van der Waals surface area contributed by atoms with Gasteiger partial charge in [0.2, 0.25) is 0 Å². The van der Waals surface area contributed by atoms with E-state index in [1.54, 1.807) is 26.0 Å². The number of hydrogen-bond acceptors (Lipinski definition) is 2. The van der Waals surface area contributed by atoms with Crippen molar-refractivity contribution in [3.8, 4) is 29.9 Å². The molecule has 0 aliphatic rings. The van der Waals surface area contributed by atoms with Crippen LogP contribution in [0.25, 0.3) is 0 Å². The molecule has 0 aliphatic heterocycles. The van der Waals surface area contributed by atoms with Gasteiger partial charge in [-0.15, -0.1) is 23.4 Å². The van der Waals surface area contributed by atoms with Gasteiger partial charge in [0.25, 0.3) is 0 Å². The first-order chi connectivity index (χ1) is 7.15. The smallest absolute Gasteiger partial charge is 0.150 e. The third-order valence-electron chi connectivity index (χ3n) is 1.57. The molecule has 0 aromatic heterocycles. The molecule has 1 aromatic rings. The number of hydrogen-bond donors (Lipinski definition) is 1. The first-order valence-electron chi connectivity index (χ1n) is 4.27. The molecule has 1 rings (SSSR count). The first-order valence-corrected chi connectivity index (χ1v) is 4.27. The molecule has 0 aliphatic carbocycles. The average molecular weight is 281 g/mol. The van der Waals surface area contributed by atoms with E-state index >= 15 is 0 Å².